The summed E-state index contributed by atoms with van der Waals surface area (Å²) in [6.45, 7) is 6.65. The summed E-state index contributed by atoms with van der Waals surface area (Å²) in [4.78, 5) is 44.4. The normalized spacial score (nSPS) is 13.3. The molecule has 1 aliphatic rings. The summed E-state index contributed by atoms with van der Waals surface area (Å²) in [5.41, 5.74) is 4.49. The highest BCUT2D eigenvalue weighted by atomic mass is 32.2. The molecule has 11 heteroatoms. The molecule has 1 atom stereocenters. The number of nitriles is 1. The van der Waals surface area contributed by atoms with Crippen LogP contribution >= 0.6 is 23.1 Å². The number of ether oxygens (including phenoxy) is 1. The number of thioether (sulfide) groups is 1. The van der Waals surface area contributed by atoms with E-state index in [0.717, 1.165) is 41.4 Å². The fourth-order valence-electron chi connectivity index (χ4n) is 5.89. The Labute approximate surface area is 317 Å². The lowest BCUT2D eigenvalue weighted by Crippen LogP contribution is -2.30. The van der Waals surface area contributed by atoms with E-state index < -0.39 is 17.1 Å². The van der Waals surface area contributed by atoms with Gasteiger partial charge in [0.15, 0.2) is 0 Å². The molecule has 4 aromatic carbocycles. The number of thiophene rings is 1. The van der Waals surface area contributed by atoms with Crippen LogP contribution in [0.25, 0.3) is 6.08 Å². The molecule has 9 nitrogen and oxygen atoms in total. The van der Waals surface area contributed by atoms with Crippen LogP contribution < -0.4 is 20.7 Å². The Morgan fingerprint density at radius 1 is 0.962 bits per heavy atom. The number of rotatable bonds is 13. The molecule has 0 saturated carbocycles. The van der Waals surface area contributed by atoms with Gasteiger partial charge < -0.3 is 20.7 Å². The summed E-state index contributed by atoms with van der Waals surface area (Å²) in [7, 11) is 0. The molecule has 5 aromatic rings. The second-order valence-electron chi connectivity index (χ2n) is 12.4. The van der Waals surface area contributed by atoms with Crippen molar-refractivity contribution in [3.8, 4) is 11.8 Å². The van der Waals surface area contributed by atoms with Crippen LogP contribution in [0.3, 0.4) is 0 Å². The summed E-state index contributed by atoms with van der Waals surface area (Å²) >= 11 is 2.82. The molecule has 268 valence electrons. The van der Waals surface area contributed by atoms with Crippen LogP contribution in [-0.2, 0) is 29.1 Å². The Morgan fingerprint density at radius 2 is 1.70 bits per heavy atom. The Balaban J connectivity index is 1.11. The fraction of sp³-hybridized carbons (Fsp3) is 0.190. The highest BCUT2D eigenvalue weighted by molar-refractivity contribution is 8.00. The maximum Gasteiger partial charge on any atom is 0.272 e. The quantitative estimate of drug-likeness (QED) is 0.0823. The first kappa shape index (κ1) is 37.1. The lowest BCUT2D eigenvalue weighted by Gasteiger charge is -2.26. The minimum Gasteiger partial charge on any atom is -0.494 e. The molecule has 53 heavy (non-hydrogen) atoms. The van der Waals surface area contributed by atoms with Gasteiger partial charge >= 0.3 is 0 Å². The molecule has 6 rings (SSSR count). The largest absolute Gasteiger partial charge is 0.494 e. The van der Waals surface area contributed by atoms with E-state index in [1.165, 1.54) is 28.7 Å². The molecule has 2 heterocycles. The van der Waals surface area contributed by atoms with Crippen LogP contribution in [0.4, 0.5) is 10.7 Å². The molecule has 0 spiro atoms. The van der Waals surface area contributed by atoms with E-state index in [2.05, 4.69) is 39.1 Å². The van der Waals surface area contributed by atoms with Gasteiger partial charge in [-0.15, -0.1) is 23.1 Å². The third-order valence-electron chi connectivity index (χ3n) is 8.54. The Kier molecular flexibility index (Phi) is 12.4. The Morgan fingerprint density at radius 3 is 2.42 bits per heavy atom. The van der Waals surface area contributed by atoms with Crippen molar-refractivity contribution in [2.24, 2.45) is 0 Å². The number of nitrogens with zero attached hydrogens (tertiary/aromatic N) is 2. The van der Waals surface area contributed by atoms with Gasteiger partial charge in [-0.2, -0.15) is 5.26 Å². The zero-order valence-electron chi connectivity index (χ0n) is 29.4. The first-order chi connectivity index (χ1) is 25.8. The van der Waals surface area contributed by atoms with E-state index in [1.807, 2.05) is 56.3 Å². The zero-order chi connectivity index (χ0) is 37.2. The molecule has 3 N–H and O–H groups in total. The number of benzene rings is 4. The topological polar surface area (TPSA) is 124 Å². The molecule has 1 unspecified atom stereocenters. The molecule has 1 aliphatic heterocycles. The average Bonchev–Trinajstić information content (AvgIpc) is 3.52. The van der Waals surface area contributed by atoms with Crippen LogP contribution in [0.2, 0.25) is 0 Å². The first-order valence-corrected chi connectivity index (χ1v) is 19.0. The highest BCUT2D eigenvalue weighted by Crippen LogP contribution is 2.38. The standard InChI is InChI=1S/C42H39N5O4S2/c1-3-51-33-19-17-29(18-20-33)23-37(45-40(49)31-13-8-5-9-14-31)41(50)44-32-15-10-16-34(24-32)52-28(2)39(48)46-42-36(25-43)35-21-22-47(27-38(35)53-42)26-30-11-6-4-7-12-30/h4-20,23-24,28H,3,21-22,26-27H2,1-2H3,(H,44,50)(H,45,49)(H,46,48)/b37-23+. The van der Waals surface area contributed by atoms with Crippen molar-refractivity contribution in [3.63, 3.8) is 0 Å². The van der Waals surface area contributed by atoms with E-state index in [1.54, 1.807) is 60.7 Å². The van der Waals surface area contributed by atoms with Crippen molar-refractivity contribution in [1.82, 2.24) is 10.2 Å². The fourth-order valence-corrected chi connectivity index (χ4v) is 8.06. The molecule has 0 fully saturated rings. The van der Waals surface area contributed by atoms with Crippen molar-refractivity contribution in [2.75, 3.05) is 23.8 Å². The Hall–Kier alpha value is -5.67. The monoisotopic (exact) mass is 741 g/mol. The van der Waals surface area contributed by atoms with Gasteiger partial charge in [-0.1, -0.05) is 66.7 Å². The predicted octanol–water partition coefficient (Wildman–Crippen LogP) is 8.11. The third-order valence-corrected chi connectivity index (χ3v) is 10.8. The number of hydrogen-bond acceptors (Lipinski definition) is 8. The second-order valence-corrected chi connectivity index (χ2v) is 14.9. The number of anilines is 2. The van der Waals surface area contributed by atoms with E-state index in [9.17, 15) is 19.6 Å². The molecule has 3 amide bonds. The molecular formula is C42H39N5O4S2. The maximum atomic E-state index is 13.6. The van der Waals surface area contributed by atoms with Crippen LogP contribution in [0.5, 0.6) is 5.75 Å². The molecule has 0 aliphatic carbocycles. The number of carbonyl (C=O) groups excluding carboxylic acids is 3. The van der Waals surface area contributed by atoms with Gasteiger partial charge in [0.1, 0.15) is 22.5 Å². The van der Waals surface area contributed by atoms with Crippen LogP contribution in [-0.4, -0.2) is 41.0 Å². The summed E-state index contributed by atoms with van der Waals surface area (Å²) in [6, 6.07) is 35.7. The number of amides is 3. The second kappa shape index (κ2) is 17.7. The molecule has 1 aromatic heterocycles. The van der Waals surface area contributed by atoms with Gasteiger partial charge in [0.2, 0.25) is 5.91 Å². The number of carbonyl (C=O) groups is 3. The summed E-state index contributed by atoms with van der Waals surface area (Å²) in [6.07, 6.45) is 2.36. The van der Waals surface area contributed by atoms with E-state index in [4.69, 9.17) is 4.74 Å². The van der Waals surface area contributed by atoms with E-state index >= 15 is 0 Å². The SMILES string of the molecule is CCOc1ccc(/C=C(/NC(=O)c2ccccc2)C(=O)Nc2cccc(SC(C)C(=O)Nc3sc4c(c3C#N)CCN(Cc3ccccc3)C4)c2)cc1. The van der Waals surface area contributed by atoms with Crippen LogP contribution in [0.15, 0.2) is 120 Å². The minimum absolute atomic E-state index is 0.0592. The third kappa shape index (κ3) is 9.81. The van der Waals surface area contributed by atoms with Crippen LogP contribution in [0.1, 0.15) is 51.3 Å². The number of fused-ring (bicyclic) bond motifs is 1. The van der Waals surface area contributed by atoms with Crippen molar-refractivity contribution in [1.29, 1.82) is 5.26 Å². The van der Waals surface area contributed by atoms with Gasteiger partial charge in [0.25, 0.3) is 11.8 Å². The molecule has 0 bridgehead atoms. The van der Waals surface area contributed by atoms with Crippen LogP contribution in [0, 0.1) is 11.3 Å². The molecule has 0 radical (unpaired) electrons. The molecular weight excluding hydrogens is 703 g/mol. The maximum absolute atomic E-state index is 13.6. The Bertz CT molecular complexity index is 2140. The number of nitrogens with one attached hydrogen (secondary N) is 3. The van der Waals surface area contributed by atoms with E-state index in [0.29, 0.717) is 39.7 Å². The zero-order valence-corrected chi connectivity index (χ0v) is 31.1. The lowest BCUT2D eigenvalue weighted by atomic mass is 10.0. The van der Waals surface area contributed by atoms with Crippen molar-refractivity contribution < 1.29 is 19.1 Å². The van der Waals surface area contributed by atoms with Gasteiger partial charge in [-0.05, 0) is 85.5 Å². The predicted molar refractivity (Wildman–Crippen MR) is 212 cm³/mol. The smallest absolute Gasteiger partial charge is 0.272 e. The summed E-state index contributed by atoms with van der Waals surface area (Å²) in [5, 5.41) is 18.8. The first-order valence-electron chi connectivity index (χ1n) is 17.3. The van der Waals surface area contributed by atoms with Gasteiger partial charge in [0, 0.05) is 40.7 Å². The van der Waals surface area contributed by atoms with Gasteiger partial charge in [-0.3, -0.25) is 19.3 Å². The van der Waals surface area contributed by atoms with Gasteiger partial charge in [0.05, 0.1) is 17.4 Å². The minimum atomic E-state index is -0.510. The van der Waals surface area contributed by atoms with Gasteiger partial charge in [-0.25, -0.2) is 0 Å². The van der Waals surface area contributed by atoms with Crippen molar-refractivity contribution in [3.05, 3.63) is 148 Å². The number of hydrogen-bond donors (Lipinski definition) is 3. The summed E-state index contributed by atoms with van der Waals surface area (Å²) in [5.74, 6) is -0.446. The van der Waals surface area contributed by atoms with Crippen molar-refractivity contribution >= 4 is 57.6 Å². The lowest BCUT2D eigenvalue weighted by molar-refractivity contribution is -0.115. The highest BCUT2D eigenvalue weighted by Gasteiger charge is 2.26. The molecule has 0 saturated heterocycles. The van der Waals surface area contributed by atoms with E-state index in [-0.39, 0.29) is 11.6 Å². The average molecular weight is 742 g/mol. The van der Waals surface area contributed by atoms with Crippen molar-refractivity contribution in [2.45, 2.75) is 43.5 Å². The summed E-state index contributed by atoms with van der Waals surface area (Å²) < 4.78 is 5.53.